The minimum atomic E-state index is -0.553. The molecule has 0 unspecified atom stereocenters. The van der Waals surface area contributed by atoms with Gasteiger partial charge in [0.2, 0.25) is 0 Å². The molecule has 0 atom stereocenters. The Labute approximate surface area is 109 Å². The van der Waals surface area contributed by atoms with Crippen LogP contribution in [0.1, 0.15) is 20.8 Å². The van der Waals surface area contributed by atoms with Gasteiger partial charge in [-0.1, -0.05) is 12.1 Å². The van der Waals surface area contributed by atoms with E-state index < -0.39 is 5.03 Å². The lowest BCUT2D eigenvalue weighted by Gasteiger charge is -2.14. The Bertz CT molecular complexity index is 572. The third kappa shape index (κ3) is 4.38. The van der Waals surface area contributed by atoms with Crippen LogP contribution in [-0.2, 0) is 9.53 Å². The number of nitro groups is 1. The van der Waals surface area contributed by atoms with Crippen molar-refractivity contribution in [3.05, 3.63) is 40.6 Å². The SMILES string of the molecule is CC(C)(C)OC=O.O=[N+]([O-])n1ncc2ccccc21. The van der Waals surface area contributed by atoms with E-state index in [0.717, 1.165) is 10.2 Å². The molecule has 0 spiro atoms. The van der Waals surface area contributed by atoms with Gasteiger partial charge in [-0.3, -0.25) is 4.79 Å². The summed E-state index contributed by atoms with van der Waals surface area (Å²) in [4.78, 5) is 20.7. The highest BCUT2D eigenvalue weighted by atomic mass is 16.7. The molecule has 0 bridgehead atoms. The van der Waals surface area contributed by atoms with Gasteiger partial charge in [-0.2, -0.15) is 0 Å². The van der Waals surface area contributed by atoms with E-state index in [2.05, 4.69) is 9.84 Å². The normalized spacial score (nSPS) is 10.5. The van der Waals surface area contributed by atoms with Gasteiger partial charge >= 0.3 is 0 Å². The largest absolute Gasteiger partial charge is 0.462 e. The lowest BCUT2D eigenvalue weighted by molar-refractivity contribution is -0.548. The average Bonchev–Trinajstić information content (AvgIpc) is 2.71. The fourth-order valence-electron chi connectivity index (χ4n) is 1.23. The zero-order chi connectivity index (χ0) is 14.5. The molecule has 1 heterocycles. The maximum atomic E-state index is 10.4. The van der Waals surface area contributed by atoms with E-state index in [9.17, 15) is 14.9 Å². The maximum absolute atomic E-state index is 10.4. The highest BCUT2D eigenvalue weighted by Gasteiger charge is 2.09. The average molecular weight is 265 g/mol. The summed E-state index contributed by atoms with van der Waals surface area (Å²) in [6.45, 7) is 5.92. The van der Waals surface area contributed by atoms with Crippen molar-refractivity contribution in [2.75, 3.05) is 0 Å². The Morgan fingerprint density at radius 1 is 1.37 bits per heavy atom. The summed E-state index contributed by atoms with van der Waals surface area (Å²) in [7, 11) is 0. The molecule has 1 aromatic heterocycles. The molecule has 0 radical (unpaired) electrons. The van der Waals surface area contributed by atoms with Crippen LogP contribution in [0.3, 0.4) is 0 Å². The zero-order valence-corrected chi connectivity index (χ0v) is 10.9. The second-order valence-electron chi connectivity index (χ2n) is 4.66. The van der Waals surface area contributed by atoms with Crippen LogP contribution < -0.4 is 0 Å². The van der Waals surface area contributed by atoms with Crippen LogP contribution in [0, 0.1) is 10.1 Å². The molecule has 0 saturated heterocycles. The summed E-state index contributed by atoms with van der Waals surface area (Å²) in [5, 5.41) is 14.2. The van der Waals surface area contributed by atoms with Gasteiger partial charge < -0.3 is 14.9 Å². The van der Waals surface area contributed by atoms with Crippen LogP contribution in [-0.4, -0.2) is 27.0 Å². The van der Waals surface area contributed by atoms with E-state index in [1.54, 1.807) is 18.2 Å². The van der Waals surface area contributed by atoms with Crippen molar-refractivity contribution in [3.63, 3.8) is 0 Å². The summed E-state index contributed by atoms with van der Waals surface area (Å²) in [6, 6.07) is 6.99. The molecule has 2 aromatic rings. The van der Waals surface area contributed by atoms with Crippen molar-refractivity contribution in [3.8, 4) is 0 Å². The fourth-order valence-corrected chi connectivity index (χ4v) is 1.23. The van der Waals surface area contributed by atoms with Crippen LogP contribution in [0.2, 0.25) is 0 Å². The number of hydrogen-bond acceptors (Lipinski definition) is 5. The highest BCUT2D eigenvalue weighted by Crippen LogP contribution is 2.11. The van der Waals surface area contributed by atoms with E-state index in [1.807, 2.05) is 26.8 Å². The van der Waals surface area contributed by atoms with E-state index >= 15 is 0 Å². The first kappa shape index (κ1) is 14.6. The molecule has 0 aliphatic rings. The summed E-state index contributed by atoms with van der Waals surface area (Å²) < 4.78 is 4.55. The Morgan fingerprint density at radius 2 is 2.00 bits per heavy atom. The minimum absolute atomic E-state index is 0.318. The molecular weight excluding hydrogens is 250 g/mol. The smallest absolute Gasteiger partial charge is 0.293 e. The summed E-state index contributed by atoms with van der Waals surface area (Å²) in [5.41, 5.74) is 0.198. The second kappa shape index (κ2) is 5.94. The van der Waals surface area contributed by atoms with Crippen LogP contribution >= 0.6 is 0 Å². The Morgan fingerprint density at radius 3 is 2.47 bits per heavy atom. The first-order valence-electron chi connectivity index (χ1n) is 5.54. The molecular formula is C12H15N3O4. The number of carbonyl (C=O) groups is 1. The number of carbonyl (C=O) groups excluding carboxylic acids is 1. The number of para-hydroxylation sites is 1. The van der Waals surface area contributed by atoms with Gasteiger partial charge in [0.1, 0.15) is 11.1 Å². The number of rotatable bonds is 2. The second-order valence-corrected chi connectivity index (χ2v) is 4.66. The van der Waals surface area contributed by atoms with E-state index in [4.69, 9.17) is 0 Å². The Hall–Kier alpha value is -2.44. The quantitative estimate of drug-likeness (QED) is 0.471. The van der Waals surface area contributed by atoms with Crippen molar-refractivity contribution in [2.24, 2.45) is 0 Å². The van der Waals surface area contributed by atoms with Crippen LogP contribution in [0.5, 0.6) is 0 Å². The number of nitrogens with zero attached hydrogens (tertiary/aromatic N) is 3. The molecule has 19 heavy (non-hydrogen) atoms. The molecule has 7 nitrogen and oxygen atoms in total. The van der Waals surface area contributed by atoms with Gasteiger partial charge in [0, 0.05) is 9.89 Å². The third-order valence-electron chi connectivity index (χ3n) is 2.01. The predicted octanol–water partition coefficient (Wildman–Crippen LogP) is 2.03. The Balaban J connectivity index is 0.000000224. The summed E-state index contributed by atoms with van der Waals surface area (Å²) in [5.74, 6) is 0. The van der Waals surface area contributed by atoms with Crippen molar-refractivity contribution in [1.82, 2.24) is 9.89 Å². The number of benzene rings is 1. The topological polar surface area (TPSA) is 87.3 Å². The van der Waals surface area contributed by atoms with Crippen LogP contribution in [0.15, 0.2) is 30.5 Å². The van der Waals surface area contributed by atoms with Crippen LogP contribution in [0.25, 0.3) is 10.9 Å². The van der Waals surface area contributed by atoms with Crippen molar-refractivity contribution in [1.29, 1.82) is 0 Å². The predicted molar refractivity (Wildman–Crippen MR) is 69.0 cm³/mol. The molecule has 0 aliphatic heterocycles. The molecule has 1 aromatic carbocycles. The number of fused-ring (bicyclic) bond motifs is 1. The molecule has 7 heteroatoms. The van der Waals surface area contributed by atoms with Gasteiger partial charge in [-0.05, 0) is 32.9 Å². The molecule has 0 N–H and O–H groups in total. The molecule has 0 saturated carbocycles. The van der Waals surface area contributed by atoms with E-state index in [1.165, 1.54) is 6.20 Å². The molecule has 2 rings (SSSR count). The molecule has 0 amide bonds. The first-order valence-corrected chi connectivity index (χ1v) is 5.54. The monoisotopic (exact) mass is 265 g/mol. The summed E-state index contributed by atoms with van der Waals surface area (Å²) >= 11 is 0. The fraction of sp³-hybridized carbons (Fsp3) is 0.333. The van der Waals surface area contributed by atoms with Gasteiger partial charge in [0.15, 0.2) is 6.20 Å². The number of aromatic nitrogens is 2. The van der Waals surface area contributed by atoms with Gasteiger partial charge in [-0.25, -0.2) is 0 Å². The molecule has 0 aliphatic carbocycles. The third-order valence-corrected chi connectivity index (χ3v) is 2.01. The van der Waals surface area contributed by atoms with Crippen molar-refractivity contribution in [2.45, 2.75) is 26.4 Å². The lowest BCUT2D eigenvalue weighted by Crippen LogP contribution is -2.17. The zero-order valence-electron chi connectivity index (χ0n) is 10.9. The van der Waals surface area contributed by atoms with Gasteiger partial charge in [0.05, 0.1) is 10.4 Å². The van der Waals surface area contributed by atoms with Crippen LogP contribution in [0.4, 0.5) is 0 Å². The van der Waals surface area contributed by atoms with E-state index in [-0.39, 0.29) is 5.60 Å². The van der Waals surface area contributed by atoms with E-state index in [0.29, 0.717) is 12.0 Å². The standard InChI is InChI=1S/C7H5N3O2.C5H10O2/c11-10(12)9-7-4-2-1-3-6(7)5-8-9;1-5(2,3)7-4-6/h1-5H;4H,1-3H3. The summed E-state index contributed by atoms with van der Waals surface area (Å²) in [6.07, 6.45) is 1.47. The molecule has 102 valence electrons. The van der Waals surface area contributed by atoms with Gasteiger partial charge in [-0.15, -0.1) is 0 Å². The van der Waals surface area contributed by atoms with Gasteiger partial charge in [0.25, 0.3) is 6.47 Å². The maximum Gasteiger partial charge on any atom is 0.293 e. The number of hydrogen-bond donors (Lipinski definition) is 0. The first-order chi connectivity index (χ1) is 8.85. The molecule has 0 fully saturated rings. The minimum Gasteiger partial charge on any atom is -0.462 e. The Kier molecular flexibility index (Phi) is 4.57. The van der Waals surface area contributed by atoms with Crippen molar-refractivity contribution >= 4 is 17.4 Å². The van der Waals surface area contributed by atoms with Crippen molar-refractivity contribution < 1.29 is 14.6 Å². The number of ether oxygens (including phenoxy) is 1. The highest BCUT2D eigenvalue weighted by molar-refractivity contribution is 5.77. The lowest BCUT2D eigenvalue weighted by atomic mass is 10.2.